The Kier molecular flexibility index (Phi) is 23.1. The van der Waals surface area contributed by atoms with Crippen LogP contribution < -0.4 is 10.6 Å². The van der Waals surface area contributed by atoms with Gasteiger partial charge < -0.3 is 30.1 Å². The van der Waals surface area contributed by atoms with Gasteiger partial charge in [0.15, 0.2) is 0 Å². The van der Waals surface area contributed by atoms with Crippen LogP contribution in [0.1, 0.15) is 151 Å². The first-order valence-electron chi connectivity index (χ1n) is 20.5. The lowest BCUT2D eigenvalue weighted by Crippen LogP contribution is -2.39. The van der Waals surface area contributed by atoms with Crippen LogP contribution in [-0.2, 0) is 32.7 Å². The number of amides is 2. The molecule has 2 fully saturated rings. The molecule has 3 N–H and O–H groups in total. The van der Waals surface area contributed by atoms with Crippen LogP contribution in [0.5, 0.6) is 0 Å². The van der Waals surface area contributed by atoms with Crippen LogP contribution in [0.4, 0.5) is 0 Å². The zero-order valence-electron chi connectivity index (χ0n) is 33.7. The van der Waals surface area contributed by atoms with Gasteiger partial charge in [-0.05, 0) is 77.8 Å². The highest BCUT2D eigenvalue weighted by Gasteiger charge is 2.41. The second-order valence-electron chi connectivity index (χ2n) is 16.1. The van der Waals surface area contributed by atoms with E-state index in [9.17, 15) is 23.8 Å². The lowest BCUT2D eigenvalue weighted by molar-refractivity contribution is -0.134. The molecule has 13 heteroatoms. The SMILES string of the molecule is CC(C)NCCCCCC(=O)N1C[C@H](OP(=O)(O)OC[C@@H]2C[C@@H](C)CN2C(=O)CCCCCCCCC(=O)CCCNC(C)C)C[C@H]1COC(C)C. The van der Waals surface area contributed by atoms with Gasteiger partial charge in [0.25, 0.3) is 0 Å². The number of hydrogen-bond acceptors (Lipinski definition) is 9. The van der Waals surface area contributed by atoms with Crippen LogP contribution in [-0.4, -0.2) is 108 Å². The van der Waals surface area contributed by atoms with Crippen LogP contribution in [0.15, 0.2) is 0 Å². The smallest absolute Gasteiger partial charge is 0.377 e. The van der Waals surface area contributed by atoms with E-state index in [2.05, 4.69) is 45.3 Å². The van der Waals surface area contributed by atoms with Gasteiger partial charge in [0.2, 0.25) is 11.8 Å². The molecule has 52 heavy (non-hydrogen) atoms. The van der Waals surface area contributed by atoms with Crippen molar-refractivity contribution in [2.75, 3.05) is 39.4 Å². The molecular weight excluding hydrogens is 683 g/mol. The highest BCUT2D eigenvalue weighted by molar-refractivity contribution is 7.47. The maximum atomic E-state index is 13.2. The summed E-state index contributed by atoms with van der Waals surface area (Å²) in [5.74, 6) is 0.686. The van der Waals surface area contributed by atoms with E-state index in [1.54, 1.807) is 9.80 Å². The Morgan fingerprint density at radius 2 is 1.19 bits per heavy atom. The van der Waals surface area contributed by atoms with E-state index < -0.39 is 13.9 Å². The van der Waals surface area contributed by atoms with E-state index in [0.29, 0.717) is 69.5 Å². The topological polar surface area (TPSA) is 147 Å². The molecule has 0 radical (unpaired) electrons. The molecule has 0 aliphatic carbocycles. The number of likely N-dealkylation sites (tertiary alicyclic amines) is 2. The number of rotatable bonds is 29. The number of ketones is 1. The van der Waals surface area contributed by atoms with Crippen LogP contribution in [0.2, 0.25) is 0 Å². The van der Waals surface area contributed by atoms with Crippen molar-refractivity contribution in [2.24, 2.45) is 5.92 Å². The first kappa shape index (κ1) is 46.8. The zero-order chi connectivity index (χ0) is 38.5. The van der Waals surface area contributed by atoms with Crippen molar-refractivity contribution in [3.8, 4) is 0 Å². The number of nitrogens with one attached hydrogen (secondary N) is 2. The fraction of sp³-hybridized carbons (Fsp3) is 0.923. The third-order valence-corrected chi connectivity index (χ3v) is 10.9. The second kappa shape index (κ2) is 25.6. The molecule has 2 aliphatic heterocycles. The summed E-state index contributed by atoms with van der Waals surface area (Å²) in [6, 6.07) is 0.379. The Morgan fingerprint density at radius 1 is 0.692 bits per heavy atom. The molecule has 2 saturated heterocycles. The number of phosphoric ester groups is 1. The summed E-state index contributed by atoms with van der Waals surface area (Å²) in [7, 11) is -4.44. The number of carbonyl (C=O) groups is 3. The summed E-state index contributed by atoms with van der Waals surface area (Å²) >= 11 is 0. The minimum atomic E-state index is -4.44. The Balaban J connectivity index is 1.72. The molecule has 0 aromatic heterocycles. The second-order valence-corrected chi connectivity index (χ2v) is 17.5. The van der Waals surface area contributed by atoms with E-state index in [1.807, 2.05) is 13.8 Å². The monoisotopic (exact) mass is 759 g/mol. The van der Waals surface area contributed by atoms with Gasteiger partial charge in [-0.25, -0.2) is 4.57 Å². The normalized spacial score (nSPS) is 21.9. The van der Waals surface area contributed by atoms with Gasteiger partial charge in [-0.15, -0.1) is 0 Å². The summed E-state index contributed by atoms with van der Waals surface area (Å²) in [5.41, 5.74) is 0. The largest absolute Gasteiger partial charge is 0.472 e. The summed E-state index contributed by atoms with van der Waals surface area (Å²) in [6.45, 7) is 17.3. The van der Waals surface area contributed by atoms with Crippen LogP contribution in [0, 0.1) is 5.92 Å². The van der Waals surface area contributed by atoms with Crippen molar-refractivity contribution in [1.29, 1.82) is 0 Å². The third kappa shape index (κ3) is 20.3. The quantitative estimate of drug-likeness (QED) is 0.0551. The number of nitrogens with zero attached hydrogens (tertiary/aromatic N) is 2. The minimum absolute atomic E-state index is 0.00237. The molecule has 5 atom stereocenters. The molecule has 0 aromatic carbocycles. The number of unbranched alkanes of at least 4 members (excludes halogenated alkanes) is 7. The van der Waals surface area contributed by atoms with E-state index in [-0.39, 0.29) is 49.1 Å². The average Bonchev–Trinajstić information content (AvgIpc) is 3.65. The van der Waals surface area contributed by atoms with Crippen molar-refractivity contribution < 1.29 is 37.6 Å². The molecule has 304 valence electrons. The van der Waals surface area contributed by atoms with Crippen molar-refractivity contribution >= 4 is 25.4 Å². The predicted molar refractivity (Wildman–Crippen MR) is 207 cm³/mol. The van der Waals surface area contributed by atoms with Crippen LogP contribution in [0.25, 0.3) is 0 Å². The number of phosphoric acid groups is 1. The highest BCUT2D eigenvalue weighted by Crippen LogP contribution is 2.47. The Bertz CT molecular complexity index is 1080. The van der Waals surface area contributed by atoms with Crippen molar-refractivity contribution in [1.82, 2.24) is 20.4 Å². The first-order valence-corrected chi connectivity index (χ1v) is 22.0. The van der Waals surface area contributed by atoms with Crippen molar-refractivity contribution in [3.63, 3.8) is 0 Å². The number of ether oxygens (including phenoxy) is 1. The molecule has 1 unspecified atom stereocenters. The minimum Gasteiger partial charge on any atom is -0.377 e. The first-order chi connectivity index (χ1) is 24.7. The van der Waals surface area contributed by atoms with Gasteiger partial charge in [0.1, 0.15) is 5.78 Å². The molecular formula is C39H75N4O8P. The van der Waals surface area contributed by atoms with Gasteiger partial charge in [0.05, 0.1) is 37.5 Å². The summed E-state index contributed by atoms with van der Waals surface area (Å²) in [6.07, 6.45) is 12.1. The standard InChI is InChI=1S/C39H75N4O8P/c1-30(2)40-22-16-12-15-21-39(46)43-27-37(25-35(43)28-49-32(5)6)51-52(47,48)50-29-34-24-33(7)26-42(34)38(45)20-14-11-9-8-10-13-18-36(44)19-17-23-41-31(3)4/h30-35,37,40-41H,8-29H2,1-7H3,(H,47,48)/t33-,34+,35+,37-/m1/s1. The van der Waals surface area contributed by atoms with E-state index >= 15 is 0 Å². The molecule has 2 aliphatic rings. The van der Waals surface area contributed by atoms with Crippen molar-refractivity contribution in [2.45, 2.75) is 188 Å². The lowest BCUT2D eigenvalue weighted by Gasteiger charge is -2.26. The van der Waals surface area contributed by atoms with E-state index in [4.69, 9.17) is 13.8 Å². The number of carbonyl (C=O) groups excluding carboxylic acids is 3. The molecule has 0 saturated carbocycles. The molecule has 0 spiro atoms. The molecule has 2 amide bonds. The Morgan fingerprint density at radius 3 is 1.79 bits per heavy atom. The lowest BCUT2D eigenvalue weighted by atomic mass is 10.0. The maximum Gasteiger partial charge on any atom is 0.472 e. The molecule has 0 bridgehead atoms. The molecule has 0 aromatic rings. The number of Topliss-reactive ketones (excluding diaryl/α,β-unsaturated/α-hetero) is 1. The Hall–Kier alpha value is -1.40. The highest BCUT2D eigenvalue weighted by atomic mass is 31.2. The maximum absolute atomic E-state index is 13.2. The van der Waals surface area contributed by atoms with E-state index in [0.717, 1.165) is 77.3 Å². The molecule has 2 rings (SSSR count). The summed E-state index contributed by atoms with van der Waals surface area (Å²) in [5, 5.41) is 6.74. The Labute approximate surface area is 315 Å². The van der Waals surface area contributed by atoms with E-state index in [1.165, 1.54) is 0 Å². The average molecular weight is 759 g/mol. The van der Waals surface area contributed by atoms with Gasteiger partial charge in [-0.3, -0.25) is 23.4 Å². The third-order valence-electron chi connectivity index (χ3n) is 9.88. The zero-order valence-corrected chi connectivity index (χ0v) is 34.6. The van der Waals surface area contributed by atoms with Crippen LogP contribution >= 0.6 is 7.82 Å². The molecule has 12 nitrogen and oxygen atoms in total. The van der Waals surface area contributed by atoms with Gasteiger partial charge >= 0.3 is 7.82 Å². The van der Waals surface area contributed by atoms with Gasteiger partial charge in [-0.2, -0.15) is 0 Å². The fourth-order valence-corrected chi connectivity index (χ4v) is 8.04. The van der Waals surface area contributed by atoms with Gasteiger partial charge in [-0.1, -0.05) is 66.7 Å². The molecule has 2 heterocycles. The predicted octanol–water partition coefficient (Wildman–Crippen LogP) is 6.78. The fourth-order valence-electron chi connectivity index (χ4n) is 7.09. The van der Waals surface area contributed by atoms with Gasteiger partial charge in [0, 0.05) is 50.9 Å². The van der Waals surface area contributed by atoms with Crippen molar-refractivity contribution in [3.05, 3.63) is 0 Å². The summed E-state index contributed by atoms with van der Waals surface area (Å²) in [4.78, 5) is 52.7. The van der Waals surface area contributed by atoms with Crippen LogP contribution in [0.3, 0.4) is 0 Å². The number of hydrogen-bond donors (Lipinski definition) is 3. The summed E-state index contributed by atoms with van der Waals surface area (Å²) < 4.78 is 30.1.